The van der Waals surface area contributed by atoms with Crippen LogP contribution in [0.1, 0.15) is 19.8 Å². The van der Waals surface area contributed by atoms with E-state index in [1.54, 1.807) is 0 Å². The second kappa shape index (κ2) is 8.70. The van der Waals surface area contributed by atoms with Gasteiger partial charge in [0.15, 0.2) is 0 Å². The molecule has 80 valence electrons. The van der Waals surface area contributed by atoms with Gasteiger partial charge in [-0.15, -0.1) is 0 Å². The monoisotopic (exact) mass is 248 g/mol. The van der Waals surface area contributed by atoms with Crippen LogP contribution in [0, 0.1) is 0 Å². The third kappa shape index (κ3) is 47.4. The van der Waals surface area contributed by atoms with Gasteiger partial charge >= 0.3 is 10.4 Å². The molecule has 0 radical (unpaired) electrons. The van der Waals surface area contributed by atoms with Crippen molar-refractivity contribution in [1.29, 1.82) is 0 Å². The van der Waals surface area contributed by atoms with Crippen molar-refractivity contribution in [2.75, 3.05) is 6.61 Å². The number of thiocarbonyl (C=S) groups is 1. The van der Waals surface area contributed by atoms with Gasteiger partial charge in [-0.1, -0.05) is 26.0 Å². The van der Waals surface area contributed by atoms with Gasteiger partial charge in [-0.3, -0.25) is 9.11 Å². The lowest BCUT2D eigenvalue weighted by Gasteiger charge is -1.98. The quantitative estimate of drug-likeness (QED) is 0.303. The molecule has 0 aliphatic carbocycles. The predicted octanol–water partition coefficient (Wildman–Crippen LogP) is 1.37. The summed E-state index contributed by atoms with van der Waals surface area (Å²) >= 11 is 8.33. The molecule has 13 heavy (non-hydrogen) atoms. The second-order valence-electron chi connectivity index (χ2n) is 1.92. The summed E-state index contributed by atoms with van der Waals surface area (Å²) in [6.45, 7) is 2.81. The zero-order valence-corrected chi connectivity index (χ0v) is 9.53. The highest BCUT2D eigenvalue weighted by molar-refractivity contribution is 8.10. The van der Waals surface area contributed by atoms with Gasteiger partial charge in [0, 0.05) is 0 Å². The number of hydrogen-bond donors (Lipinski definition) is 3. The molecular formula is C5H12O5S3. The molecule has 0 bridgehead atoms. The van der Waals surface area contributed by atoms with E-state index < -0.39 is 10.4 Å². The van der Waals surface area contributed by atoms with E-state index in [0.717, 1.165) is 12.8 Å². The zero-order chi connectivity index (χ0) is 10.9. The Hall–Kier alpha value is 0.110. The first-order valence-electron chi connectivity index (χ1n) is 3.33. The third-order valence-electron chi connectivity index (χ3n) is 0.723. The molecular weight excluding hydrogens is 236 g/mol. The molecule has 2 N–H and O–H groups in total. The Labute approximate surface area is 88.5 Å². The molecule has 8 heteroatoms. The van der Waals surface area contributed by atoms with Crippen LogP contribution in [0.25, 0.3) is 0 Å². The highest BCUT2D eigenvalue weighted by Gasteiger charge is 1.85. The van der Waals surface area contributed by atoms with Gasteiger partial charge in [-0.05, 0) is 18.6 Å². The molecule has 0 aromatic carbocycles. The number of rotatable bonds is 3. The summed E-state index contributed by atoms with van der Waals surface area (Å²) in [7, 11) is -4.67. The Kier molecular flexibility index (Phi) is 10.4. The molecule has 0 spiro atoms. The Morgan fingerprint density at radius 2 is 1.92 bits per heavy atom. The molecule has 0 aromatic heterocycles. The molecule has 0 fully saturated rings. The van der Waals surface area contributed by atoms with Crippen LogP contribution < -0.4 is 0 Å². The molecule has 0 aliphatic rings. The van der Waals surface area contributed by atoms with Crippen LogP contribution in [0.5, 0.6) is 0 Å². The first-order chi connectivity index (χ1) is 5.77. The summed E-state index contributed by atoms with van der Waals surface area (Å²) in [5, 5.41) is 0. The minimum Gasteiger partial charge on any atom is -0.479 e. The van der Waals surface area contributed by atoms with Crippen LogP contribution in [0.2, 0.25) is 0 Å². The van der Waals surface area contributed by atoms with E-state index in [1.807, 2.05) is 0 Å². The van der Waals surface area contributed by atoms with Gasteiger partial charge < -0.3 is 4.74 Å². The van der Waals surface area contributed by atoms with Crippen LogP contribution in [0.4, 0.5) is 0 Å². The third-order valence-corrected chi connectivity index (χ3v) is 0.970. The topological polar surface area (TPSA) is 83.8 Å². The van der Waals surface area contributed by atoms with Crippen LogP contribution >= 0.6 is 24.8 Å². The number of unbranched alkanes of at least 4 members (excludes halogenated alkanes) is 1. The molecule has 0 aliphatic heterocycles. The van der Waals surface area contributed by atoms with E-state index in [2.05, 4.69) is 31.8 Å². The van der Waals surface area contributed by atoms with Gasteiger partial charge in [0.1, 0.15) is 0 Å². The maximum absolute atomic E-state index is 8.74. The van der Waals surface area contributed by atoms with E-state index in [4.69, 9.17) is 22.3 Å². The molecule has 0 atom stereocenters. The zero-order valence-electron chi connectivity index (χ0n) is 7.00. The van der Waals surface area contributed by atoms with Crippen molar-refractivity contribution in [1.82, 2.24) is 0 Å². The minimum atomic E-state index is -4.67. The second-order valence-corrected chi connectivity index (χ2v) is 3.89. The van der Waals surface area contributed by atoms with Crippen molar-refractivity contribution in [3.8, 4) is 0 Å². The summed E-state index contributed by atoms with van der Waals surface area (Å²) in [6, 6.07) is 0. The fraction of sp³-hybridized carbons (Fsp3) is 0.800. The molecule has 0 unspecified atom stereocenters. The lowest BCUT2D eigenvalue weighted by molar-refractivity contribution is 0.313. The summed E-state index contributed by atoms with van der Waals surface area (Å²) in [4.78, 5) is 0. The van der Waals surface area contributed by atoms with Crippen molar-refractivity contribution in [2.45, 2.75) is 19.8 Å². The van der Waals surface area contributed by atoms with Gasteiger partial charge in [-0.2, -0.15) is 8.42 Å². The lowest BCUT2D eigenvalue weighted by atomic mass is 10.4. The molecule has 0 aromatic rings. The van der Waals surface area contributed by atoms with Gasteiger partial charge in [0.05, 0.1) is 6.61 Å². The Morgan fingerprint density at radius 3 is 2.15 bits per heavy atom. The van der Waals surface area contributed by atoms with E-state index in [0.29, 0.717) is 11.0 Å². The molecule has 0 heterocycles. The highest BCUT2D eigenvalue weighted by atomic mass is 32.3. The largest absolute Gasteiger partial charge is 0.479 e. The normalized spacial score (nSPS) is 9.85. The number of thiol groups is 1. The fourth-order valence-electron chi connectivity index (χ4n) is 0.304. The molecule has 5 nitrogen and oxygen atoms in total. The fourth-order valence-corrected chi connectivity index (χ4v) is 0.478. The Bertz CT molecular complexity index is 214. The summed E-state index contributed by atoms with van der Waals surface area (Å²) in [5.41, 5.74) is 0. The van der Waals surface area contributed by atoms with Gasteiger partial charge in [-0.25, -0.2) is 0 Å². The van der Waals surface area contributed by atoms with E-state index >= 15 is 0 Å². The first-order valence-corrected chi connectivity index (χ1v) is 5.58. The van der Waals surface area contributed by atoms with Crippen molar-refractivity contribution in [3.63, 3.8) is 0 Å². The predicted molar refractivity (Wildman–Crippen MR) is 56.6 cm³/mol. The van der Waals surface area contributed by atoms with Crippen molar-refractivity contribution in [2.24, 2.45) is 0 Å². The lowest BCUT2D eigenvalue weighted by Crippen LogP contribution is -1.94. The maximum atomic E-state index is 8.74. The summed E-state index contributed by atoms with van der Waals surface area (Å²) in [6.07, 6.45) is 2.19. The van der Waals surface area contributed by atoms with E-state index in [1.165, 1.54) is 0 Å². The van der Waals surface area contributed by atoms with Crippen molar-refractivity contribution < 1.29 is 22.3 Å². The standard InChI is InChI=1S/C5H10OS2.H2O4S/c1-2-3-4-6-5(7)8;1-5(2,3)4/h2-4H2,1H3,(H,7,8);(H2,1,2,3,4). The van der Waals surface area contributed by atoms with Gasteiger partial charge in [0.25, 0.3) is 0 Å². The number of hydrogen-bond acceptors (Lipinski definition) is 4. The summed E-state index contributed by atoms with van der Waals surface area (Å²) in [5.74, 6) is 0. The van der Waals surface area contributed by atoms with Gasteiger partial charge in [0.2, 0.25) is 4.38 Å². The van der Waals surface area contributed by atoms with Crippen LogP contribution in [0.15, 0.2) is 0 Å². The Morgan fingerprint density at radius 1 is 1.54 bits per heavy atom. The average molecular weight is 248 g/mol. The van der Waals surface area contributed by atoms with E-state index in [-0.39, 0.29) is 0 Å². The average Bonchev–Trinajstić information content (AvgIpc) is 1.83. The summed E-state index contributed by atoms with van der Waals surface area (Å²) < 4.78 is 36.8. The van der Waals surface area contributed by atoms with Crippen LogP contribution in [0.3, 0.4) is 0 Å². The minimum absolute atomic E-state index is 0.346. The van der Waals surface area contributed by atoms with Crippen molar-refractivity contribution >= 4 is 39.6 Å². The van der Waals surface area contributed by atoms with Crippen molar-refractivity contribution in [3.05, 3.63) is 0 Å². The molecule has 0 saturated heterocycles. The number of ether oxygens (including phenoxy) is 1. The molecule has 0 rings (SSSR count). The molecule has 0 saturated carbocycles. The molecule has 0 amide bonds. The maximum Gasteiger partial charge on any atom is 0.394 e. The smallest absolute Gasteiger partial charge is 0.394 e. The van der Waals surface area contributed by atoms with E-state index in [9.17, 15) is 0 Å². The van der Waals surface area contributed by atoms with Crippen LogP contribution in [-0.4, -0.2) is 28.5 Å². The first kappa shape index (κ1) is 15.6. The van der Waals surface area contributed by atoms with Crippen LogP contribution in [-0.2, 0) is 15.1 Å². The Balaban J connectivity index is 0. The SMILES string of the molecule is CCCCOC(=S)S.O=S(=O)(O)O. The highest BCUT2D eigenvalue weighted by Crippen LogP contribution is 1.91.